The fourth-order valence-electron chi connectivity index (χ4n) is 0.847. The van der Waals surface area contributed by atoms with Crippen molar-refractivity contribution >= 4 is 23.2 Å². The summed E-state index contributed by atoms with van der Waals surface area (Å²) >= 11 is -2.71. The van der Waals surface area contributed by atoms with Gasteiger partial charge in [0, 0.05) is 0 Å². The molecule has 0 saturated heterocycles. The zero-order valence-corrected chi connectivity index (χ0v) is 9.67. The average molecular weight is 263 g/mol. The summed E-state index contributed by atoms with van der Waals surface area (Å²) in [6.07, 6.45) is 0. The summed E-state index contributed by atoms with van der Waals surface area (Å²) < 4.78 is 29.4. The van der Waals surface area contributed by atoms with Gasteiger partial charge in [0.15, 0.2) is 0 Å². The highest BCUT2D eigenvalue weighted by Crippen LogP contribution is 2.16. The van der Waals surface area contributed by atoms with Gasteiger partial charge in [-0.15, -0.1) is 4.98 Å². The summed E-state index contributed by atoms with van der Waals surface area (Å²) in [7, 11) is 2.53. The van der Waals surface area contributed by atoms with Crippen LogP contribution in [0, 0.1) is 0 Å². The number of urea groups is 1. The molecule has 0 aliphatic heterocycles. The van der Waals surface area contributed by atoms with E-state index in [-0.39, 0.29) is 16.3 Å². The molecule has 17 heavy (non-hydrogen) atoms. The largest absolute Gasteiger partial charge is 0.467 e. The maximum absolute atomic E-state index is 11.0. The predicted octanol–water partition coefficient (Wildman–Crippen LogP) is -1.09. The number of carbonyl (C=O) groups is 1. The van der Waals surface area contributed by atoms with Crippen LogP contribution < -0.4 is 19.5 Å². The first-order valence-corrected chi connectivity index (χ1v) is 5.10. The second kappa shape index (κ2) is 5.36. The van der Waals surface area contributed by atoms with Crippen molar-refractivity contribution in [2.45, 2.75) is 0 Å². The minimum atomic E-state index is -2.71. The maximum Gasteiger partial charge on any atom is 0.335 e. The Balaban J connectivity index is 3.27. The van der Waals surface area contributed by atoms with Crippen molar-refractivity contribution in [1.82, 2.24) is 15.0 Å². The van der Waals surface area contributed by atoms with Gasteiger partial charge in [-0.25, -0.2) is 9.00 Å². The number of rotatable bonds is 4. The molecule has 1 unspecified atom stereocenters. The van der Waals surface area contributed by atoms with Gasteiger partial charge in [-0.05, 0) is 0 Å². The van der Waals surface area contributed by atoms with Crippen LogP contribution in [0.25, 0.3) is 0 Å². The van der Waals surface area contributed by atoms with Gasteiger partial charge in [0.25, 0.3) is 17.2 Å². The van der Waals surface area contributed by atoms with Gasteiger partial charge in [0.2, 0.25) is 0 Å². The van der Waals surface area contributed by atoms with E-state index < -0.39 is 23.2 Å². The van der Waals surface area contributed by atoms with Crippen LogP contribution in [0.15, 0.2) is 0 Å². The van der Waals surface area contributed by atoms with Crippen molar-refractivity contribution in [3.8, 4) is 12.0 Å². The minimum Gasteiger partial charge on any atom is -0.467 e. The Labute approximate surface area is 98.2 Å². The van der Waals surface area contributed by atoms with Crippen molar-refractivity contribution in [3.63, 3.8) is 0 Å². The lowest BCUT2D eigenvalue weighted by Crippen LogP contribution is -2.38. The van der Waals surface area contributed by atoms with Gasteiger partial charge in [0.05, 0.1) is 14.2 Å². The Morgan fingerprint density at radius 3 is 2.06 bits per heavy atom. The monoisotopic (exact) mass is 263 g/mol. The van der Waals surface area contributed by atoms with Crippen LogP contribution in [0.1, 0.15) is 0 Å². The van der Waals surface area contributed by atoms with E-state index in [1.807, 2.05) is 0 Å². The van der Waals surface area contributed by atoms with Gasteiger partial charge in [-0.2, -0.15) is 14.3 Å². The number of nitrogens with two attached hydrogens (primary N) is 1. The van der Waals surface area contributed by atoms with Gasteiger partial charge in [-0.1, -0.05) is 0 Å². The molecular weight excluding hydrogens is 254 g/mol. The highest BCUT2D eigenvalue weighted by Gasteiger charge is 2.23. The Hall–Kier alpha value is -2.01. The second-order valence-corrected chi connectivity index (χ2v) is 3.30. The van der Waals surface area contributed by atoms with Crippen molar-refractivity contribution in [2.75, 3.05) is 18.5 Å². The summed E-state index contributed by atoms with van der Waals surface area (Å²) in [5.74, 6) is -0.456. The van der Waals surface area contributed by atoms with Crippen molar-refractivity contribution in [1.29, 1.82) is 0 Å². The van der Waals surface area contributed by atoms with Crippen LogP contribution in [-0.2, 0) is 11.3 Å². The first-order chi connectivity index (χ1) is 7.99. The molecular formula is C6H9N5O5S. The number of carbonyl (C=O) groups excluding carboxylic acids is 1. The number of ether oxygens (including phenoxy) is 2. The van der Waals surface area contributed by atoms with Crippen LogP contribution >= 0.6 is 0 Å². The number of amides is 2. The lowest BCUT2D eigenvalue weighted by atomic mass is 10.8. The van der Waals surface area contributed by atoms with Crippen LogP contribution in [0.2, 0.25) is 0 Å². The quantitative estimate of drug-likeness (QED) is 0.653. The summed E-state index contributed by atoms with van der Waals surface area (Å²) in [5.41, 5.74) is 4.90. The van der Waals surface area contributed by atoms with E-state index in [2.05, 4.69) is 15.0 Å². The molecule has 1 atom stereocenters. The SMILES string of the molecule is COc1nc(OC)nc(N(C(N)=O)S(=O)O)n1. The lowest BCUT2D eigenvalue weighted by molar-refractivity contribution is 0.256. The number of primary amides is 1. The van der Waals surface area contributed by atoms with Crippen molar-refractivity contribution in [3.05, 3.63) is 0 Å². The molecule has 1 rings (SSSR count). The van der Waals surface area contributed by atoms with E-state index in [1.165, 1.54) is 14.2 Å². The molecule has 0 radical (unpaired) electrons. The van der Waals surface area contributed by atoms with Crippen LogP contribution in [0.4, 0.5) is 10.7 Å². The molecule has 94 valence electrons. The fourth-order valence-corrected chi connectivity index (χ4v) is 1.22. The standard InChI is InChI=1S/C6H9N5O5S/c1-15-5-8-4(9-6(10-5)16-2)11(3(7)12)17(13)14/h1-2H3,(H2,7,12)(H,13,14). The Morgan fingerprint density at radius 1 is 1.29 bits per heavy atom. The van der Waals surface area contributed by atoms with E-state index >= 15 is 0 Å². The number of anilines is 1. The molecule has 0 aliphatic carbocycles. The van der Waals surface area contributed by atoms with Crippen LogP contribution in [0.3, 0.4) is 0 Å². The summed E-state index contributed by atoms with van der Waals surface area (Å²) in [5, 5.41) is 0. The van der Waals surface area contributed by atoms with E-state index in [4.69, 9.17) is 19.8 Å². The van der Waals surface area contributed by atoms with Gasteiger partial charge in [0.1, 0.15) is 0 Å². The summed E-state index contributed by atoms with van der Waals surface area (Å²) in [6.45, 7) is 0. The average Bonchev–Trinajstić information content (AvgIpc) is 2.27. The number of hydrogen-bond acceptors (Lipinski definition) is 7. The molecule has 11 heteroatoms. The number of hydrogen-bond donors (Lipinski definition) is 2. The molecule has 1 aromatic rings. The van der Waals surface area contributed by atoms with Gasteiger partial charge in [-0.3, -0.25) is 4.55 Å². The Morgan fingerprint density at radius 2 is 1.76 bits per heavy atom. The third-order valence-corrected chi connectivity index (χ3v) is 2.14. The molecule has 1 aromatic heterocycles. The van der Waals surface area contributed by atoms with Crippen LogP contribution in [-0.4, -0.2) is 44.0 Å². The van der Waals surface area contributed by atoms with E-state index in [1.54, 1.807) is 0 Å². The zero-order chi connectivity index (χ0) is 13.0. The summed E-state index contributed by atoms with van der Waals surface area (Å²) in [4.78, 5) is 21.8. The molecule has 3 N–H and O–H groups in total. The Kier molecular flexibility index (Phi) is 4.12. The first-order valence-electron chi connectivity index (χ1n) is 4.04. The smallest absolute Gasteiger partial charge is 0.335 e. The van der Waals surface area contributed by atoms with Gasteiger partial charge < -0.3 is 15.2 Å². The van der Waals surface area contributed by atoms with Crippen molar-refractivity contribution < 1.29 is 23.0 Å². The third-order valence-electron chi connectivity index (χ3n) is 1.49. The summed E-state index contributed by atoms with van der Waals surface area (Å²) in [6, 6.07) is -1.59. The molecule has 0 aliphatic rings. The van der Waals surface area contributed by atoms with Gasteiger partial charge >= 0.3 is 18.1 Å². The maximum atomic E-state index is 11.0. The molecule has 0 fully saturated rings. The number of aromatic nitrogens is 3. The molecule has 1 heterocycles. The second-order valence-electron chi connectivity index (χ2n) is 2.47. The predicted molar refractivity (Wildman–Crippen MR) is 55.8 cm³/mol. The molecule has 0 spiro atoms. The highest BCUT2D eigenvalue weighted by atomic mass is 32.2. The molecule has 10 nitrogen and oxygen atoms in total. The normalized spacial score (nSPS) is 11.7. The molecule has 2 amide bonds. The minimum absolute atomic E-state index is 0.191. The number of methoxy groups -OCH3 is 2. The van der Waals surface area contributed by atoms with Crippen molar-refractivity contribution in [2.24, 2.45) is 5.73 Å². The molecule has 0 aromatic carbocycles. The van der Waals surface area contributed by atoms with Crippen LogP contribution in [0.5, 0.6) is 12.0 Å². The zero-order valence-electron chi connectivity index (χ0n) is 8.85. The Bertz CT molecular complexity index is 418. The third kappa shape index (κ3) is 2.98. The molecule has 0 saturated carbocycles. The fraction of sp³-hybridized carbons (Fsp3) is 0.333. The number of nitrogens with zero attached hydrogens (tertiary/aromatic N) is 4. The highest BCUT2D eigenvalue weighted by molar-refractivity contribution is 7.81. The van der Waals surface area contributed by atoms with E-state index in [0.29, 0.717) is 0 Å². The topological polar surface area (TPSA) is 141 Å². The lowest BCUT2D eigenvalue weighted by Gasteiger charge is -2.13. The first kappa shape index (κ1) is 13.1. The molecule has 0 bridgehead atoms. The van der Waals surface area contributed by atoms with E-state index in [0.717, 1.165) is 0 Å². The van der Waals surface area contributed by atoms with E-state index in [9.17, 15) is 9.00 Å².